The van der Waals surface area contributed by atoms with E-state index in [4.69, 9.17) is 33.8 Å². The van der Waals surface area contributed by atoms with Crippen molar-refractivity contribution in [1.82, 2.24) is 93.4 Å². The summed E-state index contributed by atoms with van der Waals surface area (Å²) in [5.74, 6) is -17.0. The molecular formula is C84H126N24O20S4. The molecule has 4 aromatic rings. The highest BCUT2D eigenvalue weighted by Gasteiger charge is 2.43. The van der Waals surface area contributed by atoms with Gasteiger partial charge in [0.1, 0.15) is 72.5 Å². The molecular weight excluding hydrogens is 1790 g/mol. The number of benzene rings is 2. The Labute approximate surface area is 782 Å². The molecule has 2 aromatic carbocycles. The maximum Gasteiger partial charge on any atom is 0.305 e. The van der Waals surface area contributed by atoms with E-state index in [0.717, 1.165) is 0 Å². The Bertz CT molecular complexity index is 4460. The van der Waals surface area contributed by atoms with E-state index in [9.17, 15) is 96.5 Å². The topological polar surface area (TPSA) is 688 Å². The zero-order valence-corrected chi connectivity index (χ0v) is 78.1. The monoisotopic (exact) mass is 1920 g/mol. The number of para-hydroxylation sites is 2. The van der Waals surface area contributed by atoms with Crippen LogP contribution < -0.4 is 86.7 Å². The van der Waals surface area contributed by atoms with Gasteiger partial charge in [-0.25, -0.2) is 0 Å². The number of hydrogen-bond acceptors (Lipinski definition) is 24. The number of aromatic amines is 2. The Kier molecular flexibility index (Phi) is 45.0. The number of H-pyrrole nitrogens is 2. The number of thiol groups is 2. The van der Waals surface area contributed by atoms with Gasteiger partial charge in [0, 0.05) is 123 Å². The van der Waals surface area contributed by atoms with Gasteiger partial charge in [-0.1, -0.05) is 85.7 Å². The molecule has 26 N–H and O–H groups in total. The van der Waals surface area contributed by atoms with Gasteiger partial charge in [0.15, 0.2) is 11.9 Å². The fraction of sp³-hybridized carbons (Fsp3) is 0.571. The van der Waals surface area contributed by atoms with Crippen LogP contribution in [0.5, 0.6) is 0 Å². The zero-order chi connectivity index (χ0) is 97.6. The third kappa shape index (κ3) is 34.9. The first kappa shape index (κ1) is 109. The van der Waals surface area contributed by atoms with Crippen LogP contribution in [0.25, 0.3) is 21.8 Å². The minimum atomic E-state index is -1.85. The van der Waals surface area contributed by atoms with Crippen molar-refractivity contribution in [2.24, 2.45) is 34.8 Å². The number of guanidine groups is 2. The number of nitrogens with zero attached hydrogens (tertiary/aromatic N) is 4. The summed E-state index contributed by atoms with van der Waals surface area (Å²) in [5.41, 5.74) is 24.4. The molecule has 2 aromatic heterocycles. The average Bonchev–Trinajstić information content (AvgIpc) is 1.66. The molecule has 2 aliphatic rings. The fourth-order valence-electron chi connectivity index (χ4n) is 15.1. The van der Waals surface area contributed by atoms with Gasteiger partial charge in [0.25, 0.3) is 0 Å². The number of rotatable bonds is 57. The van der Waals surface area contributed by atoms with Crippen LogP contribution in [0.2, 0.25) is 0 Å². The Morgan fingerprint density at radius 2 is 0.826 bits per heavy atom. The molecule has 0 aliphatic carbocycles. The lowest BCUT2D eigenvalue weighted by Crippen LogP contribution is -2.59. The van der Waals surface area contributed by atoms with Gasteiger partial charge in [-0.3, -0.25) is 97.1 Å². The predicted molar refractivity (Wildman–Crippen MR) is 499 cm³/mol. The Hall–Kier alpha value is -12.1. The summed E-state index contributed by atoms with van der Waals surface area (Å²) in [5, 5.41) is 67.1. The summed E-state index contributed by atoms with van der Waals surface area (Å²) in [4.78, 5) is 258. The number of amides is 16. The quantitative estimate of drug-likeness (QED) is 0.00715. The molecule has 48 heteroatoms. The van der Waals surface area contributed by atoms with Gasteiger partial charge in [0.05, 0.1) is 25.9 Å². The number of nitrogens with one attached hydrogen (secondary N) is 16. The number of nitrogens with two attached hydrogens (primary N) is 4. The number of fused-ring (bicyclic) bond motifs is 2. The molecule has 16 amide bonds. The van der Waals surface area contributed by atoms with Gasteiger partial charge in [-0.15, -0.1) is 0 Å². The number of unbranched alkanes of at least 4 members (excludes halogenated alkanes) is 2. The van der Waals surface area contributed by atoms with Crippen LogP contribution >= 0.6 is 46.8 Å². The third-order valence-corrected chi connectivity index (χ3v) is 25.2. The highest BCUT2D eigenvalue weighted by atomic mass is 33.1. The van der Waals surface area contributed by atoms with Crippen LogP contribution in [0.15, 0.2) is 60.9 Å². The molecule has 4 heterocycles. The molecule has 0 saturated carbocycles. The molecule has 0 spiro atoms. The van der Waals surface area contributed by atoms with Crippen LogP contribution in [0, 0.1) is 22.7 Å². The second-order valence-electron chi connectivity index (χ2n) is 33.0. The maximum absolute atomic E-state index is 14.6. The Morgan fingerprint density at radius 1 is 0.470 bits per heavy atom. The lowest BCUT2D eigenvalue weighted by molar-refractivity contribution is -0.143. The third-order valence-electron chi connectivity index (χ3n) is 22.0. The van der Waals surface area contributed by atoms with E-state index in [1.165, 1.54) is 55.3 Å². The minimum absolute atomic E-state index is 0.0424. The van der Waals surface area contributed by atoms with Crippen molar-refractivity contribution < 1.29 is 96.5 Å². The molecule has 0 bridgehead atoms. The molecule has 2 fully saturated rings. The lowest BCUT2D eigenvalue weighted by atomic mass is 10.0. The number of hydrogen-bond donors (Lipinski definition) is 24. The summed E-state index contributed by atoms with van der Waals surface area (Å²) < 4.78 is 0. The Balaban J connectivity index is 1.06. The number of carbonyl (C=O) groups excluding carboxylic acids is 16. The van der Waals surface area contributed by atoms with Crippen LogP contribution in [-0.4, -0.2) is 307 Å². The zero-order valence-electron chi connectivity index (χ0n) is 74.7. The van der Waals surface area contributed by atoms with Gasteiger partial charge in [-0.2, -0.15) is 25.3 Å². The molecule has 2 aliphatic heterocycles. The average molecular weight is 1920 g/mol. The number of carboxylic acids is 2. The van der Waals surface area contributed by atoms with Crippen molar-refractivity contribution in [1.29, 1.82) is 10.8 Å². The molecule has 2 saturated heterocycles. The summed E-state index contributed by atoms with van der Waals surface area (Å²) in [6.07, 6.45) is 3.11. The van der Waals surface area contributed by atoms with Crippen molar-refractivity contribution in [2.45, 2.75) is 216 Å². The predicted octanol–water partition coefficient (Wildman–Crippen LogP) is -2.48. The van der Waals surface area contributed by atoms with Crippen LogP contribution in [0.4, 0.5) is 0 Å². The summed E-state index contributed by atoms with van der Waals surface area (Å²) in [6, 6.07) is -1.97. The van der Waals surface area contributed by atoms with Gasteiger partial charge in [-0.05, 0) is 112 Å². The van der Waals surface area contributed by atoms with Crippen molar-refractivity contribution in [2.75, 3.05) is 76.4 Å². The van der Waals surface area contributed by atoms with E-state index in [1.54, 1.807) is 60.9 Å². The first-order valence-corrected chi connectivity index (χ1v) is 47.2. The van der Waals surface area contributed by atoms with Crippen LogP contribution in [-0.2, 0) is 99.1 Å². The maximum atomic E-state index is 14.6. The lowest BCUT2D eigenvalue weighted by Gasteiger charge is -2.30. The number of primary amides is 2. The number of aromatic nitrogens is 2. The first-order chi connectivity index (χ1) is 62.6. The highest BCUT2D eigenvalue weighted by Crippen LogP contribution is 2.29. The van der Waals surface area contributed by atoms with E-state index < -0.39 is 205 Å². The SMILES string of the molecule is CC(C)C[C@@H](C(=O)N[C@@H](CCCCNC(=N)N)C(=O)NCC(=O)N[C@@H](CC(=O)O)C(=O)N[C@@H](Cc1c[nH]c2ccccc12)C(=O)N1CCC[C@H]1C(=O)N[C@@H](CS)C(N)=O)N(C)C(=O)CCSSCCC(=O)N(C)[C@@H](CC(C)C)C(=O)N[C@@H](CCCCNC(=N)N)C(=O)NCC(=O)N[C@@H](CC(=O)O)C(=O)N[C@@H](Cc1c[nH]c2ccccc12)C(=O)N1CCC[C@H]1C(=O)N[C@@H](CS)C(N)=O. The number of carboxylic acid groups (broad SMARTS) is 2. The molecule has 0 radical (unpaired) electrons. The largest absolute Gasteiger partial charge is 0.481 e. The van der Waals surface area contributed by atoms with E-state index in [2.05, 4.69) is 99.0 Å². The molecule has 44 nitrogen and oxygen atoms in total. The molecule has 6 rings (SSSR count). The first-order valence-electron chi connectivity index (χ1n) is 43.5. The van der Waals surface area contributed by atoms with Gasteiger partial charge in [0.2, 0.25) is 94.5 Å². The van der Waals surface area contributed by atoms with Crippen molar-refractivity contribution in [3.05, 3.63) is 72.1 Å². The van der Waals surface area contributed by atoms with E-state index in [0.29, 0.717) is 58.6 Å². The number of aliphatic carboxylic acids is 2. The van der Waals surface area contributed by atoms with Gasteiger partial charge >= 0.3 is 11.9 Å². The summed E-state index contributed by atoms with van der Waals surface area (Å²) >= 11 is 8.20. The second-order valence-corrected chi connectivity index (χ2v) is 36.5. The van der Waals surface area contributed by atoms with E-state index >= 15 is 0 Å². The van der Waals surface area contributed by atoms with E-state index in [1.807, 2.05) is 27.7 Å². The molecule has 0 unspecified atom stereocenters. The molecule has 726 valence electrons. The summed E-state index contributed by atoms with van der Waals surface area (Å²) in [7, 11) is 5.36. The number of likely N-dealkylation sites (N-methyl/N-ethyl adjacent to an activating group) is 2. The highest BCUT2D eigenvalue weighted by molar-refractivity contribution is 8.76. The minimum Gasteiger partial charge on any atom is -0.481 e. The fourth-order valence-corrected chi connectivity index (χ4v) is 17.6. The van der Waals surface area contributed by atoms with Crippen LogP contribution in [0.1, 0.15) is 142 Å². The van der Waals surface area contributed by atoms with Gasteiger partial charge < -0.3 is 127 Å². The standard InChI is InChI=1S/C84H126N24O20S4/c1-45(2)33-63(79(125)99-53(21-11-13-27-91-83(87)88)73(119)95-41-65(109)97-55(37-69(113)114)75(121)101-57(35-47-39-93-51-19-9-7-17-49(47)51)81(127)107-29-15-23-61(107)77(123)103-59(43-129)71(85)117)105(5)67(111)25-31-131-132-32-26-68(112)106(6)64(34-46(3)4)80(126)100-54(22-12-14-28-92-84(89)90)74(120)96-42-66(110)98-56(38-70(115)116)76(122)102-58(36-48-40-94-52-20-10-8-18-50(48)52)82(128)108-30-16-24-62(108)78(124)104-60(44-130)72(86)118/h7-10,17-20,39-40,45-46,53-64,93-94,129-130H,11-16,21-38,41-44H2,1-6H3,(H2,85,117)(H2,86,118)(H,95,119)(H,96,120)(H,97,109)(H,98,110)(H,99,125)(H,100,126)(H,101,121)(H,102,122)(H,103,123)(H,104,124)(H,113,114)(H,115,116)(H4,87,88,91)(H4,89,90,92)/t53-,54-,55-,56-,57-,58-,59-,60-,61-,62-,63-,64-/m0/s1. The smallest absolute Gasteiger partial charge is 0.305 e. The van der Waals surface area contributed by atoms with Crippen LogP contribution in [0.3, 0.4) is 0 Å². The van der Waals surface area contributed by atoms with Crippen molar-refractivity contribution >= 4 is 187 Å². The van der Waals surface area contributed by atoms with E-state index in [-0.39, 0.29) is 150 Å². The molecule has 12 atom stereocenters. The summed E-state index contributed by atoms with van der Waals surface area (Å²) in [6.45, 7) is 6.09. The second kappa shape index (κ2) is 54.7. The number of carbonyl (C=O) groups is 18. The normalized spacial score (nSPS) is 15.8. The van der Waals surface area contributed by atoms with Crippen molar-refractivity contribution in [3.63, 3.8) is 0 Å². The van der Waals surface area contributed by atoms with Crippen molar-refractivity contribution in [3.8, 4) is 0 Å². The molecule has 132 heavy (non-hydrogen) atoms. The number of likely N-dealkylation sites (tertiary alicyclic amines) is 2. The Morgan fingerprint density at radius 3 is 1.16 bits per heavy atom.